The fourth-order valence-corrected chi connectivity index (χ4v) is 2.77. The van der Waals surface area contributed by atoms with Crippen LogP contribution < -0.4 is 5.32 Å². The zero-order chi connectivity index (χ0) is 15.6. The lowest BCUT2D eigenvalue weighted by Gasteiger charge is -2.29. The predicted octanol–water partition coefficient (Wildman–Crippen LogP) is 1.07. The number of piperidine rings is 1. The maximum atomic E-state index is 12.0. The molecule has 0 radical (unpaired) electrons. The van der Waals surface area contributed by atoms with Gasteiger partial charge in [-0.25, -0.2) is 0 Å². The third-order valence-electron chi connectivity index (χ3n) is 3.67. The number of nitro groups is 1. The molecule has 21 heavy (non-hydrogen) atoms. The highest BCUT2D eigenvalue weighted by molar-refractivity contribution is 9.10. The van der Waals surface area contributed by atoms with E-state index < -0.39 is 4.92 Å². The second kappa shape index (κ2) is 6.52. The molecule has 1 amide bonds. The van der Waals surface area contributed by atoms with E-state index in [1.807, 2.05) is 0 Å². The number of nitrogens with one attached hydrogen (secondary N) is 1. The van der Waals surface area contributed by atoms with Crippen LogP contribution in [0.3, 0.4) is 0 Å². The minimum Gasteiger partial charge on any atom is -0.358 e. The van der Waals surface area contributed by atoms with E-state index in [0.29, 0.717) is 10.2 Å². The maximum Gasteiger partial charge on any atom is 0.404 e. The van der Waals surface area contributed by atoms with E-state index >= 15 is 0 Å². The van der Waals surface area contributed by atoms with Crippen molar-refractivity contribution in [1.29, 1.82) is 0 Å². The quantitative estimate of drug-likeness (QED) is 0.641. The second-order valence-corrected chi connectivity index (χ2v) is 6.08. The number of hydrogen-bond donors (Lipinski definition) is 1. The normalized spacial score (nSPS) is 16.9. The van der Waals surface area contributed by atoms with Gasteiger partial charge in [0.1, 0.15) is 11.0 Å². The molecule has 0 atom stereocenters. The molecule has 116 valence electrons. The highest BCUT2D eigenvalue weighted by Crippen LogP contribution is 2.26. The monoisotopic (exact) mass is 359 g/mol. The lowest BCUT2D eigenvalue weighted by molar-refractivity contribution is -0.390. The predicted molar refractivity (Wildman–Crippen MR) is 80.0 cm³/mol. The smallest absolute Gasteiger partial charge is 0.358 e. The molecule has 0 aromatic carbocycles. The fraction of sp³-hybridized carbons (Fsp3) is 0.667. The summed E-state index contributed by atoms with van der Waals surface area (Å²) in [6, 6.07) is 0.169. The van der Waals surface area contributed by atoms with Gasteiger partial charge in [-0.15, -0.1) is 0 Å². The Hall–Kier alpha value is -1.48. The molecule has 0 spiro atoms. The van der Waals surface area contributed by atoms with Crippen LogP contribution in [0.2, 0.25) is 0 Å². The van der Waals surface area contributed by atoms with E-state index in [0.717, 1.165) is 25.9 Å². The molecule has 1 aromatic heterocycles. The van der Waals surface area contributed by atoms with Gasteiger partial charge in [-0.2, -0.15) is 4.68 Å². The number of carbonyl (C=O) groups excluding carboxylic acids is 1. The average molecular weight is 360 g/mol. The van der Waals surface area contributed by atoms with Crippen molar-refractivity contribution in [3.05, 3.63) is 20.3 Å². The number of amides is 1. The molecule has 1 aromatic rings. The molecule has 9 heteroatoms. The van der Waals surface area contributed by atoms with Gasteiger partial charge in [-0.1, -0.05) is 0 Å². The molecule has 8 nitrogen and oxygen atoms in total. The largest absolute Gasteiger partial charge is 0.404 e. The number of nitrogens with zero attached hydrogens (tertiary/aromatic N) is 4. The highest BCUT2D eigenvalue weighted by atomic mass is 79.9. The van der Waals surface area contributed by atoms with Crippen molar-refractivity contribution in [1.82, 2.24) is 20.0 Å². The average Bonchev–Trinajstić information content (AvgIpc) is 2.70. The summed E-state index contributed by atoms with van der Waals surface area (Å²) in [4.78, 5) is 24.5. The highest BCUT2D eigenvalue weighted by Gasteiger charge is 2.25. The summed E-state index contributed by atoms with van der Waals surface area (Å²) in [5.74, 6) is -0.433. The first-order valence-electron chi connectivity index (χ1n) is 6.73. The van der Waals surface area contributed by atoms with E-state index in [2.05, 4.69) is 38.3 Å². The van der Waals surface area contributed by atoms with Crippen LogP contribution in [-0.4, -0.2) is 51.7 Å². The van der Waals surface area contributed by atoms with Crippen molar-refractivity contribution in [2.75, 3.05) is 20.1 Å². The number of hydrogen-bond acceptors (Lipinski definition) is 5. The zero-order valence-electron chi connectivity index (χ0n) is 12.0. The van der Waals surface area contributed by atoms with E-state index in [1.54, 1.807) is 6.92 Å². The zero-order valence-corrected chi connectivity index (χ0v) is 13.6. The van der Waals surface area contributed by atoms with Crippen LogP contribution >= 0.6 is 15.9 Å². The second-order valence-electron chi connectivity index (χ2n) is 5.28. The van der Waals surface area contributed by atoms with E-state index in [9.17, 15) is 14.9 Å². The Balaban J connectivity index is 1.97. The molecule has 1 aliphatic rings. The standard InChI is InChI=1S/C12H18BrN5O3/c1-8-11(13)12(18(20)21)15-17(8)7-10(19)14-9-3-5-16(2)6-4-9/h9H,3-7H2,1-2H3,(H,14,19). The van der Waals surface area contributed by atoms with Gasteiger partial charge in [0.05, 0.1) is 10.8 Å². The first-order chi connectivity index (χ1) is 9.88. The molecule has 0 bridgehead atoms. The van der Waals surface area contributed by atoms with Crippen molar-refractivity contribution in [3.8, 4) is 0 Å². The van der Waals surface area contributed by atoms with Crippen molar-refractivity contribution < 1.29 is 9.72 Å². The SMILES string of the molecule is Cc1c(Br)c([N+](=O)[O-])nn1CC(=O)NC1CCN(C)CC1. The molecule has 1 N–H and O–H groups in total. The number of carbonyl (C=O) groups is 1. The minimum atomic E-state index is -0.567. The number of likely N-dealkylation sites (tertiary alicyclic amines) is 1. The Labute approximate surface area is 130 Å². The number of aromatic nitrogens is 2. The molecule has 1 aliphatic heterocycles. The molecule has 1 fully saturated rings. The van der Waals surface area contributed by atoms with Crippen molar-refractivity contribution in [2.45, 2.75) is 32.4 Å². The summed E-state index contributed by atoms with van der Waals surface area (Å²) in [6.07, 6.45) is 1.84. The van der Waals surface area contributed by atoms with Crippen molar-refractivity contribution in [3.63, 3.8) is 0 Å². The Kier molecular flexibility index (Phi) is 4.94. The van der Waals surface area contributed by atoms with E-state index in [4.69, 9.17) is 0 Å². The van der Waals surface area contributed by atoms with Crippen LogP contribution in [0.1, 0.15) is 18.5 Å². The fourth-order valence-electron chi connectivity index (χ4n) is 2.34. The summed E-state index contributed by atoms with van der Waals surface area (Å²) in [6.45, 7) is 3.60. The van der Waals surface area contributed by atoms with Gasteiger partial charge in [0, 0.05) is 6.04 Å². The summed E-state index contributed by atoms with van der Waals surface area (Å²) < 4.78 is 1.67. The third-order valence-corrected chi connectivity index (χ3v) is 4.60. The number of halogens is 1. The van der Waals surface area contributed by atoms with Gasteiger partial charge in [-0.05, 0) is 60.8 Å². The molecule has 0 unspecified atom stereocenters. The van der Waals surface area contributed by atoms with Gasteiger partial charge < -0.3 is 20.3 Å². The Morgan fingerprint density at radius 2 is 2.14 bits per heavy atom. The van der Waals surface area contributed by atoms with Crippen LogP contribution in [0.15, 0.2) is 4.47 Å². The lowest BCUT2D eigenvalue weighted by Crippen LogP contribution is -2.44. The molecule has 0 saturated carbocycles. The van der Waals surface area contributed by atoms with Crippen LogP contribution in [0.25, 0.3) is 0 Å². The topological polar surface area (TPSA) is 93.3 Å². The molecule has 0 aliphatic carbocycles. The molecule has 1 saturated heterocycles. The summed E-state index contributed by atoms with van der Waals surface area (Å²) in [5.41, 5.74) is 0.570. The third kappa shape index (κ3) is 3.79. The van der Waals surface area contributed by atoms with Gasteiger partial charge in [0.25, 0.3) is 0 Å². The Morgan fingerprint density at radius 3 is 2.67 bits per heavy atom. The van der Waals surface area contributed by atoms with Crippen LogP contribution in [0.4, 0.5) is 5.82 Å². The van der Waals surface area contributed by atoms with Gasteiger partial charge >= 0.3 is 5.82 Å². The van der Waals surface area contributed by atoms with Gasteiger partial charge in [0.2, 0.25) is 5.91 Å². The molecular weight excluding hydrogens is 342 g/mol. The summed E-state index contributed by atoms with van der Waals surface area (Å²) >= 11 is 3.13. The Bertz CT molecular complexity index is 551. The molecular formula is C12H18BrN5O3. The maximum absolute atomic E-state index is 12.0. The van der Waals surface area contributed by atoms with Crippen LogP contribution in [0, 0.1) is 17.0 Å². The first kappa shape index (κ1) is 15.9. The summed E-state index contributed by atoms with van der Waals surface area (Å²) in [5, 5.41) is 17.6. The van der Waals surface area contributed by atoms with Crippen LogP contribution in [0.5, 0.6) is 0 Å². The van der Waals surface area contributed by atoms with Crippen molar-refractivity contribution in [2.24, 2.45) is 0 Å². The first-order valence-corrected chi connectivity index (χ1v) is 7.53. The lowest BCUT2D eigenvalue weighted by atomic mass is 10.1. The van der Waals surface area contributed by atoms with E-state index in [-0.39, 0.29) is 24.3 Å². The molecule has 2 rings (SSSR count). The van der Waals surface area contributed by atoms with E-state index in [1.165, 1.54) is 4.68 Å². The minimum absolute atomic E-state index is 0.00931. The van der Waals surface area contributed by atoms with Gasteiger partial charge in [0.15, 0.2) is 0 Å². The number of rotatable bonds is 4. The Morgan fingerprint density at radius 1 is 1.52 bits per heavy atom. The van der Waals surface area contributed by atoms with Gasteiger partial charge in [-0.3, -0.25) is 4.79 Å². The molecule has 2 heterocycles. The van der Waals surface area contributed by atoms with Crippen LogP contribution in [-0.2, 0) is 11.3 Å². The van der Waals surface area contributed by atoms with Crippen molar-refractivity contribution >= 4 is 27.7 Å². The summed E-state index contributed by atoms with van der Waals surface area (Å²) in [7, 11) is 2.06.